The van der Waals surface area contributed by atoms with E-state index in [4.69, 9.17) is 4.74 Å². The Labute approximate surface area is 379 Å². The number of hydrogen-bond acceptors (Lipinski definition) is 7. The number of hydrogen-bond donors (Lipinski definition) is 0. The highest BCUT2D eigenvalue weighted by atomic mass is 19.1. The van der Waals surface area contributed by atoms with Crippen LogP contribution in [0.25, 0.3) is 0 Å². The monoisotopic (exact) mass is 882 g/mol. The summed E-state index contributed by atoms with van der Waals surface area (Å²) in [6, 6.07) is 19.4. The molecule has 9 rings (SSSR count). The van der Waals surface area contributed by atoms with Crippen LogP contribution in [0.3, 0.4) is 0 Å². The smallest absolute Gasteiger partial charge is 0.409 e. The molecule has 0 unspecified atom stereocenters. The topological polar surface area (TPSA) is 83.1 Å². The highest BCUT2D eigenvalue weighted by molar-refractivity contribution is 5.95. The minimum Gasteiger partial charge on any atom is -0.450 e. The predicted octanol–water partition coefficient (Wildman–Crippen LogP) is 8.60. The maximum Gasteiger partial charge on any atom is 0.409 e. The molecule has 4 fully saturated rings. The highest BCUT2D eigenvalue weighted by Gasteiger charge is 2.49. The second-order valence-electron chi connectivity index (χ2n) is 19.7. The van der Waals surface area contributed by atoms with Gasteiger partial charge in [-0.1, -0.05) is 32.0 Å². The molecular weight excluding hydrogens is 813 g/mol. The first-order valence-corrected chi connectivity index (χ1v) is 23.8. The number of carbonyl (C=O) groups excluding carboxylic acids is 3. The molecule has 0 radical (unpaired) electrons. The Morgan fingerprint density at radius 2 is 1.23 bits per heavy atom. The van der Waals surface area contributed by atoms with Crippen LogP contribution in [-0.2, 0) is 20.4 Å². The van der Waals surface area contributed by atoms with Crippen LogP contribution in [-0.4, -0.2) is 136 Å². The molecule has 3 aromatic rings. The van der Waals surface area contributed by atoms with E-state index in [2.05, 4.69) is 46.7 Å². The third kappa shape index (κ3) is 9.21. The van der Waals surface area contributed by atoms with Crippen LogP contribution in [0.5, 0.6) is 0 Å². The number of rotatable bonds is 5. The van der Waals surface area contributed by atoms with Gasteiger partial charge in [0.25, 0.3) is 0 Å². The summed E-state index contributed by atoms with van der Waals surface area (Å²) >= 11 is 0. The molecular formula is C51H69F2N7O4. The van der Waals surface area contributed by atoms with Crippen molar-refractivity contribution in [1.82, 2.24) is 19.6 Å². The lowest BCUT2D eigenvalue weighted by Crippen LogP contribution is -2.52. The van der Waals surface area contributed by atoms with Crippen molar-refractivity contribution < 1.29 is 27.9 Å². The van der Waals surface area contributed by atoms with Gasteiger partial charge in [-0.05, 0) is 150 Å². The van der Waals surface area contributed by atoms with E-state index >= 15 is 0 Å². The zero-order valence-corrected chi connectivity index (χ0v) is 39.0. The fraction of sp³-hybridized carbons (Fsp3) is 0.588. The third-order valence-corrected chi connectivity index (χ3v) is 15.5. The molecule has 4 amide bonds. The number of amides is 4. The van der Waals surface area contributed by atoms with Crippen LogP contribution in [0, 0.1) is 11.6 Å². The summed E-state index contributed by atoms with van der Waals surface area (Å²) in [7, 11) is 3.52. The van der Waals surface area contributed by atoms with Crippen molar-refractivity contribution in [3.63, 3.8) is 0 Å². The van der Waals surface area contributed by atoms with Crippen LogP contribution in [0.1, 0.15) is 102 Å². The van der Waals surface area contributed by atoms with Gasteiger partial charge in [0.05, 0.1) is 6.61 Å². The lowest BCUT2D eigenvalue weighted by atomic mass is 9.73. The van der Waals surface area contributed by atoms with Gasteiger partial charge in [-0.3, -0.25) is 9.69 Å². The number of piperidine rings is 4. The van der Waals surface area contributed by atoms with Crippen molar-refractivity contribution in [2.75, 3.05) is 101 Å². The summed E-state index contributed by atoms with van der Waals surface area (Å²) in [5, 5.41) is 0. The highest BCUT2D eigenvalue weighted by Crippen LogP contribution is 2.50. The fourth-order valence-electron chi connectivity index (χ4n) is 11.7. The number of urea groups is 1. The molecule has 346 valence electrons. The van der Waals surface area contributed by atoms with E-state index < -0.39 is 0 Å². The average molecular weight is 882 g/mol. The molecule has 13 heteroatoms. The summed E-state index contributed by atoms with van der Waals surface area (Å²) < 4.78 is 33.0. The quantitative estimate of drug-likeness (QED) is 0.254. The van der Waals surface area contributed by atoms with Crippen molar-refractivity contribution in [2.24, 2.45) is 0 Å². The van der Waals surface area contributed by atoms with Gasteiger partial charge in [-0.25, -0.2) is 18.4 Å². The largest absolute Gasteiger partial charge is 0.450 e. The Hall–Kier alpha value is -4.75. The Balaban J connectivity index is 0.000000175. The molecule has 3 aromatic carbocycles. The first kappa shape index (κ1) is 45.8. The van der Waals surface area contributed by atoms with E-state index in [9.17, 15) is 23.2 Å². The van der Waals surface area contributed by atoms with Gasteiger partial charge in [-0.15, -0.1) is 0 Å². The Bertz CT molecular complexity index is 2150. The van der Waals surface area contributed by atoms with Gasteiger partial charge < -0.3 is 34.1 Å². The first-order valence-electron chi connectivity index (χ1n) is 23.8. The maximum absolute atomic E-state index is 14.2. The van der Waals surface area contributed by atoms with Gasteiger partial charge in [0.2, 0.25) is 5.91 Å². The molecule has 0 bridgehead atoms. The molecule has 0 aromatic heterocycles. The molecule has 6 aliphatic rings. The maximum atomic E-state index is 14.2. The van der Waals surface area contributed by atoms with E-state index in [0.717, 1.165) is 133 Å². The Morgan fingerprint density at radius 1 is 0.703 bits per heavy atom. The SMILES string of the molecule is CCOC(=O)N1CCC(N2CCC3(CC2)CN(C(C)=O)c2ccc(C(C)C)cc23)CC1.CN(C)C(=O)N1CC2(CCN(C3CCN(c4cccc(F)c4)CC3)CC2)c2cc(F)ccc21. The Morgan fingerprint density at radius 3 is 1.78 bits per heavy atom. The van der Waals surface area contributed by atoms with Gasteiger partial charge >= 0.3 is 12.1 Å². The van der Waals surface area contributed by atoms with Crippen molar-refractivity contribution in [2.45, 2.75) is 108 Å². The van der Waals surface area contributed by atoms with Crippen molar-refractivity contribution in [3.8, 4) is 0 Å². The van der Waals surface area contributed by atoms with E-state index in [-0.39, 0.29) is 40.5 Å². The lowest BCUT2D eigenvalue weighted by molar-refractivity contribution is -0.116. The number of carbonyl (C=O) groups is 3. The summed E-state index contributed by atoms with van der Waals surface area (Å²) in [4.78, 5) is 51.9. The van der Waals surface area contributed by atoms with Crippen LogP contribution < -0.4 is 14.7 Å². The van der Waals surface area contributed by atoms with Gasteiger partial charge in [0, 0.05) is 100 Å². The fourth-order valence-corrected chi connectivity index (χ4v) is 11.7. The van der Waals surface area contributed by atoms with Crippen LogP contribution >= 0.6 is 0 Å². The lowest BCUT2D eigenvalue weighted by Gasteiger charge is -2.45. The molecule has 2 spiro atoms. The zero-order chi connectivity index (χ0) is 45.3. The van der Waals surface area contributed by atoms with E-state index in [0.29, 0.717) is 31.2 Å². The van der Waals surface area contributed by atoms with Crippen molar-refractivity contribution >= 4 is 35.1 Å². The minimum absolute atomic E-state index is 0.0492. The number of ether oxygens (including phenoxy) is 1. The van der Waals surface area contributed by atoms with Gasteiger partial charge in [0.1, 0.15) is 11.6 Å². The normalized spacial score (nSPS) is 21.2. The van der Waals surface area contributed by atoms with Crippen LogP contribution in [0.2, 0.25) is 0 Å². The molecule has 0 aliphatic carbocycles. The van der Waals surface area contributed by atoms with Crippen molar-refractivity contribution in [3.05, 3.63) is 89.0 Å². The summed E-state index contributed by atoms with van der Waals surface area (Å²) in [5.41, 5.74) is 6.55. The molecule has 6 heterocycles. The number of likely N-dealkylation sites (tertiary alicyclic amines) is 3. The van der Waals surface area contributed by atoms with Gasteiger partial charge in [0.15, 0.2) is 0 Å². The summed E-state index contributed by atoms with van der Waals surface area (Å²) in [6.45, 7) is 17.3. The second-order valence-corrected chi connectivity index (χ2v) is 19.7. The van der Waals surface area contributed by atoms with E-state index in [1.165, 1.54) is 23.3 Å². The molecule has 4 saturated heterocycles. The van der Waals surface area contributed by atoms with E-state index in [1.54, 1.807) is 50.2 Å². The minimum atomic E-state index is -0.237. The average Bonchev–Trinajstić information content (AvgIpc) is 3.78. The molecule has 6 aliphatic heterocycles. The van der Waals surface area contributed by atoms with Crippen LogP contribution in [0.4, 0.5) is 35.4 Å². The third-order valence-electron chi connectivity index (χ3n) is 15.5. The Kier molecular flexibility index (Phi) is 13.6. The number of anilines is 3. The molecule has 0 saturated carbocycles. The number of nitrogens with zero attached hydrogens (tertiary/aromatic N) is 7. The number of benzene rings is 3. The number of halogens is 2. The predicted molar refractivity (Wildman–Crippen MR) is 250 cm³/mol. The van der Waals surface area contributed by atoms with Gasteiger partial charge in [-0.2, -0.15) is 0 Å². The first-order chi connectivity index (χ1) is 30.7. The standard InChI is InChI=1S/C26H32F2N4O.C25H37N3O3/c1-29(2)25(33)32-18-26(23-17-20(28)6-7-24(23)32)10-14-31(15-11-26)21-8-12-30(13-9-21)22-5-3-4-19(27)16-22;1-5-31-24(30)27-12-8-21(9-13-27)26-14-10-25(11-15-26)17-28(19(4)29)23-7-6-20(18(2)3)16-22(23)25/h3-7,16-17,21H,8-15,18H2,1-2H3;6-7,16,18,21H,5,8-15,17H2,1-4H3. The van der Waals surface area contributed by atoms with Crippen LogP contribution in [0.15, 0.2) is 60.7 Å². The summed E-state index contributed by atoms with van der Waals surface area (Å²) in [6.07, 6.45) is 7.98. The molecule has 11 nitrogen and oxygen atoms in total. The molecule has 0 N–H and O–H groups in total. The van der Waals surface area contributed by atoms with Crippen molar-refractivity contribution in [1.29, 1.82) is 0 Å². The summed E-state index contributed by atoms with van der Waals surface area (Å²) in [5.74, 6) is 0.202. The molecule has 64 heavy (non-hydrogen) atoms. The van der Waals surface area contributed by atoms with E-state index in [1.807, 2.05) is 27.7 Å². The zero-order valence-electron chi connectivity index (χ0n) is 39.0. The second kappa shape index (κ2) is 19.0. The number of fused-ring (bicyclic) bond motifs is 4. The molecule has 0 atom stereocenters.